The van der Waals surface area contributed by atoms with Gasteiger partial charge in [0.15, 0.2) is 0 Å². The molecule has 1 amide bonds. The van der Waals surface area contributed by atoms with Gasteiger partial charge in [-0.05, 0) is 61.1 Å². The Morgan fingerprint density at radius 3 is 2.63 bits per heavy atom. The molecular formula is C23H26N2O2. The summed E-state index contributed by atoms with van der Waals surface area (Å²) in [5.41, 5.74) is 3.31. The van der Waals surface area contributed by atoms with Crippen LogP contribution in [0.3, 0.4) is 0 Å². The lowest BCUT2D eigenvalue weighted by Gasteiger charge is -2.25. The van der Waals surface area contributed by atoms with Gasteiger partial charge >= 0.3 is 0 Å². The van der Waals surface area contributed by atoms with E-state index in [-0.39, 0.29) is 5.41 Å². The Balaban J connectivity index is 1.38. The van der Waals surface area contributed by atoms with E-state index >= 15 is 0 Å². The molecule has 140 valence electrons. The molecule has 0 N–H and O–H groups in total. The summed E-state index contributed by atoms with van der Waals surface area (Å²) in [6.45, 7) is 3.55. The number of ether oxygens (including phenoxy) is 1. The predicted molar refractivity (Wildman–Crippen MR) is 106 cm³/mol. The molecule has 3 aliphatic rings. The second kappa shape index (κ2) is 6.38. The monoisotopic (exact) mass is 362 g/mol. The van der Waals surface area contributed by atoms with Crippen molar-refractivity contribution in [2.45, 2.75) is 31.2 Å². The molecule has 2 fully saturated rings. The normalized spacial score (nSPS) is 24.6. The number of nitrogens with zero attached hydrogens (tertiary/aromatic N) is 2. The molecule has 2 heterocycles. The van der Waals surface area contributed by atoms with Crippen molar-refractivity contribution in [1.29, 1.82) is 0 Å². The molecule has 4 nitrogen and oxygen atoms in total. The number of hydrogen-bond acceptors (Lipinski definition) is 3. The smallest absolute Gasteiger partial charge is 0.239 e. The number of carbonyl (C=O) groups is 1. The van der Waals surface area contributed by atoms with Crippen LogP contribution in [0.4, 0.5) is 5.69 Å². The minimum atomic E-state index is -0.349. The number of methoxy groups -OCH3 is 1. The lowest BCUT2D eigenvalue weighted by molar-refractivity contribution is -0.122. The van der Waals surface area contributed by atoms with Gasteiger partial charge in [-0.15, -0.1) is 0 Å². The van der Waals surface area contributed by atoms with Crippen LogP contribution in [0.25, 0.3) is 0 Å². The minimum Gasteiger partial charge on any atom is -0.497 e. The van der Waals surface area contributed by atoms with Crippen LogP contribution in [0.5, 0.6) is 5.75 Å². The summed E-state index contributed by atoms with van der Waals surface area (Å²) in [7, 11) is 1.69. The topological polar surface area (TPSA) is 32.8 Å². The quantitative estimate of drug-likeness (QED) is 0.815. The summed E-state index contributed by atoms with van der Waals surface area (Å²) in [5.74, 6) is 1.91. The zero-order valence-electron chi connectivity index (χ0n) is 15.9. The molecule has 5 rings (SSSR count). The third kappa shape index (κ3) is 2.83. The number of para-hydroxylation sites is 1. The Bertz CT molecular complexity index is 859. The maximum absolute atomic E-state index is 13.5. The van der Waals surface area contributed by atoms with Crippen LogP contribution in [-0.2, 0) is 16.8 Å². The number of fused-ring (bicyclic) bond motifs is 2. The summed E-state index contributed by atoms with van der Waals surface area (Å²) in [6, 6.07) is 16.7. The standard InChI is InChI=1S/C23H26N2O2/c1-27-19-10-8-17(9-11-19)14-24-13-12-23(16-24)20-4-2-3-5-21(20)25(22(23)26)15-18-6-7-18/h2-5,8-11,18H,6-7,12-16H2,1H3/t23-/m0/s1. The van der Waals surface area contributed by atoms with Crippen molar-refractivity contribution in [1.82, 2.24) is 4.90 Å². The first kappa shape index (κ1) is 16.8. The van der Waals surface area contributed by atoms with Gasteiger partial charge in [0.05, 0.1) is 12.5 Å². The van der Waals surface area contributed by atoms with Gasteiger partial charge in [0.25, 0.3) is 0 Å². The van der Waals surface area contributed by atoms with E-state index in [4.69, 9.17) is 4.74 Å². The van der Waals surface area contributed by atoms with Crippen molar-refractivity contribution in [3.8, 4) is 5.75 Å². The number of amides is 1. The fourth-order valence-corrected chi connectivity index (χ4v) is 4.74. The first-order chi connectivity index (χ1) is 13.2. The van der Waals surface area contributed by atoms with Crippen molar-refractivity contribution < 1.29 is 9.53 Å². The van der Waals surface area contributed by atoms with E-state index in [1.165, 1.54) is 24.0 Å². The molecule has 1 spiro atoms. The summed E-state index contributed by atoms with van der Waals surface area (Å²) in [5, 5.41) is 0. The van der Waals surface area contributed by atoms with Gasteiger partial charge in [0.1, 0.15) is 5.75 Å². The summed E-state index contributed by atoms with van der Waals surface area (Å²) in [4.78, 5) is 18.0. The molecule has 2 aromatic rings. The van der Waals surface area contributed by atoms with E-state index in [0.717, 1.165) is 44.0 Å². The fourth-order valence-electron chi connectivity index (χ4n) is 4.74. The van der Waals surface area contributed by atoms with Crippen LogP contribution in [-0.4, -0.2) is 37.6 Å². The molecule has 1 atom stereocenters. The molecule has 2 aliphatic heterocycles. The maximum Gasteiger partial charge on any atom is 0.239 e. The first-order valence-corrected chi connectivity index (χ1v) is 9.96. The van der Waals surface area contributed by atoms with Crippen LogP contribution in [0.15, 0.2) is 48.5 Å². The van der Waals surface area contributed by atoms with Gasteiger partial charge < -0.3 is 9.64 Å². The zero-order chi connectivity index (χ0) is 18.4. The molecule has 1 saturated carbocycles. The van der Waals surface area contributed by atoms with Crippen molar-refractivity contribution in [2.75, 3.05) is 31.6 Å². The summed E-state index contributed by atoms with van der Waals surface area (Å²) >= 11 is 0. The first-order valence-electron chi connectivity index (χ1n) is 9.96. The molecular weight excluding hydrogens is 336 g/mol. The Labute approximate surface area is 160 Å². The molecule has 0 unspecified atom stereocenters. The van der Waals surface area contributed by atoms with Gasteiger partial charge in [0, 0.05) is 25.3 Å². The van der Waals surface area contributed by atoms with Gasteiger partial charge in [-0.25, -0.2) is 0 Å². The highest BCUT2D eigenvalue weighted by Crippen LogP contribution is 2.48. The second-order valence-corrected chi connectivity index (χ2v) is 8.27. The Morgan fingerprint density at radius 1 is 1.11 bits per heavy atom. The Hall–Kier alpha value is -2.33. The van der Waals surface area contributed by atoms with Crippen molar-refractivity contribution in [3.05, 3.63) is 59.7 Å². The highest BCUT2D eigenvalue weighted by Gasteiger charge is 2.54. The third-order valence-corrected chi connectivity index (χ3v) is 6.42. The van der Waals surface area contributed by atoms with E-state index in [1.807, 2.05) is 12.1 Å². The van der Waals surface area contributed by atoms with E-state index < -0.39 is 0 Å². The molecule has 27 heavy (non-hydrogen) atoms. The molecule has 4 heteroatoms. The lowest BCUT2D eigenvalue weighted by Crippen LogP contribution is -2.43. The number of anilines is 1. The average Bonchev–Trinajstić information content (AvgIpc) is 3.39. The highest BCUT2D eigenvalue weighted by molar-refractivity contribution is 6.08. The average molecular weight is 362 g/mol. The van der Waals surface area contributed by atoms with Crippen LogP contribution in [0.1, 0.15) is 30.4 Å². The second-order valence-electron chi connectivity index (χ2n) is 8.27. The summed E-state index contributed by atoms with van der Waals surface area (Å²) in [6.07, 6.45) is 3.45. The van der Waals surface area contributed by atoms with Gasteiger partial charge in [-0.1, -0.05) is 30.3 Å². The Morgan fingerprint density at radius 2 is 1.89 bits per heavy atom. The molecule has 0 aromatic heterocycles. The SMILES string of the molecule is COc1ccc(CN2CC[C@@]3(C2)C(=O)N(CC2CC2)c2ccccc23)cc1. The number of benzene rings is 2. The third-order valence-electron chi connectivity index (χ3n) is 6.42. The molecule has 0 bridgehead atoms. The summed E-state index contributed by atoms with van der Waals surface area (Å²) < 4.78 is 5.25. The fraction of sp³-hybridized carbons (Fsp3) is 0.435. The van der Waals surface area contributed by atoms with Crippen LogP contribution in [0.2, 0.25) is 0 Å². The van der Waals surface area contributed by atoms with Crippen molar-refractivity contribution >= 4 is 11.6 Å². The predicted octanol–water partition coefficient (Wildman–Crippen LogP) is 3.60. The van der Waals surface area contributed by atoms with Gasteiger partial charge in [-0.3, -0.25) is 9.69 Å². The van der Waals surface area contributed by atoms with Gasteiger partial charge in [-0.2, -0.15) is 0 Å². The van der Waals surface area contributed by atoms with E-state index in [0.29, 0.717) is 11.8 Å². The highest BCUT2D eigenvalue weighted by atomic mass is 16.5. The maximum atomic E-state index is 13.5. The number of carbonyl (C=O) groups excluding carboxylic acids is 1. The number of likely N-dealkylation sites (tertiary alicyclic amines) is 1. The van der Waals surface area contributed by atoms with E-state index in [2.05, 4.69) is 46.2 Å². The van der Waals surface area contributed by atoms with Crippen LogP contribution >= 0.6 is 0 Å². The largest absolute Gasteiger partial charge is 0.497 e. The Kier molecular flexibility index (Phi) is 3.97. The van der Waals surface area contributed by atoms with Crippen LogP contribution in [0, 0.1) is 5.92 Å². The number of rotatable bonds is 5. The van der Waals surface area contributed by atoms with E-state index in [1.54, 1.807) is 7.11 Å². The number of hydrogen-bond donors (Lipinski definition) is 0. The van der Waals surface area contributed by atoms with E-state index in [9.17, 15) is 4.79 Å². The minimum absolute atomic E-state index is 0.327. The van der Waals surface area contributed by atoms with Crippen LogP contribution < -0.4 is 9.64 Å². The lowest BCUT2D eigenvalue weighted by atomic mass is 9.81. The zero-order valence-corrected chi connectivity index (χ0v) is 15.9. The van der Waals surface area contributed by atoms with Crippen molar-refractivity contribution in [3.63, 3.8) is 0 Å². The molecule has 2 aromatic carbocycles. The van der Waals surface area contributed by atoms with Gasteiger partial charge in [0.2, 0.25) is 5.91 Å². The molecule has 1 aliphatic carbocycles. The molecule has 0 radical (unpaired) electrons. The van der Waals surface area contributed by atoms with Crippen molar-refractivity contribution in [2.24, 2.45) is 5.92 Å². The molecule has 1 saturated heterocycles.